The van der Waals surface area contributed by atoms with Crippen LogP contribution in [0.25, 0.3) is 22.4 Å². The molecule has 30 heavy (non-hydrogen) atoms. The Bertz CT molecular complexity index is 1330. The van der Waals surface area contributed by atoms with E-state index in [1.165, 1.54) is 0 Å². The van der Waals surface area contributed by atoms with Crippen molar-refractivity contribution in [1.29, 1.82) is 0 Å². The van der Waals surface area contributed by atoms with Gasteiger partial charge in [0.2, 0.25) is 0 Å². The molecule has 0 aliphatic rings. The van der Waals surface area contributed by atoms with Crippen molar-refractivity contribution in [2.45, 2.75) is 6.92 Å². The summed E-state index contributed by atoms with van der Waals surface area (Å²) in [6.45, 7) is 1.60. The molecule has 148 valence electrons. The Labute approximate surface area is 170 Å². The van der Waals surface area contributed by atoms with Gasteiger partial charge in [-0.1, -0.05) is 60.7 Å². The molecule has 0 saturated carbocycles. The van der Waals surface area contributed by atoms with Crippen molar-refractivity contribution in [2.24, 2.45) is 0 Å². The van der Waals surface area contributed by atoms with Gasteiger partial charge in [0.05, 0.1) is 5.69 Å². The molecule has 2 aromatic heterocycles. The lowest BCUT2D eigenvalue weighted by molar-refractivity contribution is 0.102. The third-order valence-corrected chi connectivity index (χ3v) is 4.42. The Morgan fingerprint density at radius 2 is 1.57 bits per heavy atom. The number of hydrogen-bond donors (Lipinski definition) is 3. The zero-order valence-electron chi connectivity index (χ0n) is 16.0. The summed E-state index contributed by atoms with van der Waals surface area (Å²) in [6.07, 6.45) is 0. The van der Waals surface area contributed by atoms with Crippen LogP contribution in [0.2, 0.25) is 0 Å². The first-order valence-electron chi connectivity index (χ1n) is 9.16. The van der Waals surface area contributed by atoms with Gasteiger partial charge in [-0.2, -0.15) is 5.10 Å². The van der Waals surface area contributed by atoms with Gasteiger partial charge in [0.15, 0.2) is 0 Å². The van der Waals surface area contributed by atoms with Crippen molar-refractivity contribution in [3.63, 3.8) is 0 Å². The van der Waals surface area contributed by atoms with Crippen molar-refractivity contribution in [1.82, 2.24) is 20.2 Å². The van der Waals surface area contributed by atoms with Crippen LogP contribution in [0, 0.1) is 6.92 Å². The molecule has 0 saturated heterocycles. The quantitative estimate of drug-likeness (QED) is 0.487. The second-order valence-corrected chi connectivity index (χ2v) is 6.55. The molecule has 2 aromatic carbocycles. The molecule has 4 rings (SSSR count). The van der Waals surface area contributed by atoms with Crippen LogP contribution in [0.4, 0.5) is 5.82 Å². The maximum absolute atomic E-state index is 13.1. The SMILES string of the molecule is Cc1nc(NC(=O)c2c(-c3ccccc3)c(-c3ccccc3)n[nH]c2=O)cc(=O)[nH]1. The van der Waals surface area contributed by atoms with E-state index in [1.54, 1.807) is 19.1 Å². The summed E-state index contributed by atoms with van der Waals surface area (Å²) in [5, 5.41) is 9.18. The maximum Gasteiger partial charge on any atom is 0.277 e. The highest BCUT2D eigenvalue weighted by Crippen LogP contribution is 2.31. The fraction of sp³-hybridized carbons (Fsp3) is 0.0455. The lowest BCUT2D eigenvalue weighted by Crippen LogP contribution is -2.27. The van der Waals surface area contributed by atoms with Crippen molar-refractivity contribution in [3.8, 4) is 22.4 Å². The zero-order valence-corrected chi connectivity index (χ0v) is 16.0. The number of hydrogen-bond acceptors (Lipinski definition) is 5. The summed E-state index contributed by atoms with van der Waals surface area (Å²) in [5.74, 6) is -0.292. The number of carbonyl (C=O) groups is 1. The van der Waals surface area contributed by atoms with Gasteiger partial charge < -0.3 is 10.3 Å². The van der Waals surface area contributed by atoms with Crippen molar-refractivity contribution >= 4 is 11.7 Å². The topological polar surface area (TPSA) is 121 Å². The highest BCUT2D eigenvalue weighted by molar-refractivity contribution is 6.10. The highest BCUT2D eigenvalue weighted by atomic mass is 16.2. The van der Waals surface area contributed by atoms with Gasteiger partial charge in [0.1, 0.15) is 17.2 Å². The van der Waals surface area contributed by atoms with Gasteiger partial charge in [-0.05, 0) is 12.5 Å². The summed E-state index contributed by atoms with van der Waals surface area (Å²) in [5.41, 5.74) is 1.09. The van der Waals surface area contributed by atoms with Crippen LogP contribution < -0.4 is 16.4 Å². The molecular weight excluding hydrogens is 382 g/mol. The normalized spacial score (nSPS) is 10.6. The average Bonchev–Trinajstić information content (AvgIpc) is 2.74. The summed E-state index contributed by atoms with van der Waals surface area (Å²) in [7, 11) is 0. The number of aromatic nitrogens is 4. The van der Waals surface area contributed by atoms with E-state index in [4.69, 9.17) is 0 Å². The maximum atomic E-state index is 13.1. The number of nitrogens with one attached hydrogen (secondary N) is 3. The number of aryl methyl sites for hydroxylation is 1. The van der Waals surface area contributed by atoms with E-state index < -0.39 is 17.0 Å². The first kappa shape index (κ1) is 19.0. The van der Waals surface area contributed by atoms with Gasteiger partial charge in [-0.15, -0.1) is 0 Å². The molecule has 0 atom stereocenters. The first-order valence-corrected chi connectivity index (χ1v) is 9.16. The highest BCUT2D eigenvalue weighted by Gasteiger charge is 2.23. The first-order chi connectivity index (χ1) is 14.5. The van der Waals surface area contributed by atoms with E-state index >= 15 is 0 Å². The predicted octanol–water partition coefficient (Wildman–Crippen LogP) is 2.75. The zero-order chi connectivity index (χ0) is 21.1. The summed E-state index contributed by atoms with van der Waals surface area (Å²) in [6, 6.07) is 19.5. The van der Waals surface area contributed by atoms with Gasteiger partial charge in [-0.25, -0.2) is 10.1 Å². The third-order valence-electron chi connectivity index (χ3n) is 4.42. The minimum Gasteiger partial charge on any atom is -0.311 e. The van der Waals surface area contributed by atoms with Gasteiger partial charge in [0, 0.05) is 17.2 Å². The summed E-state index contributed by atoms with van der Waals surface area (Å²) in [4.78, 5) is 44.1. The largest absolute Gasteiger partial charge is 0.311 e. The van der Waals surface area contributed by atoms with Crippen LogP contribution in [-0.2, 0) is 0 Å². The number of H-pyrrole nitrogens is 2. The monoisotopic (exact) mass is 399 g/mol. The molecule has 0 aliphatic heterocycles. The molecule has 0 unspecified atom stereocenters. The Balaban J connectivity index is 1.91. The number of aromatic amines is 2. The number of amides is 1. The van der Waals surface area contributed by atoms with Gasteiger partial charge >= 0.3 is 0 Å². The molecule has 0 radical (unpaired) electrons. The lowest BCUT2D eigenvalue weighted by atomic mass is 9.95. The molecule has 0 aliphatic carbocycles. The molecule has 0 bridgehead atoms. The van der Waals surface area contributed by atoms with E-state index in [2.05, 4.69) is 25.5 Å². The average molecular weight is 399 g/mol. The van der Waals surface area contributed by atoms with Crippen LogP contribution in [0.1, 0.15) is 16.2 Å². The van der Waals surface area contributed by atoms with E-state index in [0.29, 0.717) is 22.6 Å². The molecule has 3 N–H and O–H groups in total. The van der Waals surface area contributed by atoms with Crippen LogP contribution in [0.3, 0.4) is 0 Å². The van der Waals surface area contributed by atoms with Crippen LogP contribution >= 0.6 is 0 Å². The fourth-order valence-electron chi connectivity index (χ4n) is 3.18. The standard InChI is InChI=1S/C22H17N5O3/c1-13-23-16(12-17(28)24-13)25-21(29)19-18(14-8-4-2-5-9-14)20(26-27-22(19)30)15-10-6-3-7-11-15/h2-12H,1H3,(H,27,30)(H2,23,24,25,28,29). The third kappa shape index (κ3) is 3.79. The fourth-order valence-corrected chi connectivity index (χ4v) is 3.18. The number of rotatable bonds is 4. The van der Waals surface area contributed by atoms with E-state index in [9.17, 15) is 14.4 Å². The van der Waals surface area contributed by atoms with Gasteiger partial charge in [0.25, 0.3) is 17.0 Å². The number of anilines is 1. The van der Waals surface area contributed by atoms with Crippen molar-refractivity contribution < 1.29 is 4.79 Å². The Hall–Kier alpha value is -4.33. The molecule has 2 heterocycles. The molecule has 0 spiro atoms. The predicted molar refractivity (Wildman–Crippen MR) is 113 cm³/mol. The Kier molecular flexibility index (Phi) is 5.04. The summed E-state index contributed by atoms with van der Waals surface area (Å²) < 4.78 is 0. The van der Waals surface area contributed by atoms with Crippen LogP contribution in [0.15, 0.2) is 76.3 Å². The van der Waals surface area contributed by atoms with Crippen LogP contribution in [0.5, 0.6) is 0 Å². The number of carbonyl (C=O) groups excluding carboxylic acids is 1. The van der Waals surface area contributed by atoms with E-state index in [1.807, 2.05) is 48.5 Å². The second-order valence-electron chi connectivity index (χ2n) is 6.55. The Morgan fingerprint density at radius 1 is 0.933 bits per heavy atom. The minimum absolute atomic E-state index is 0.0535. The Morgan fingerprint density at radius 3 is 2.20 bits per heavy atom. The molecule has 8 nitrogen and oxygen atoms in total. The van der Waals surface area contributed by atoms with Gasteiger partial charge in [-0.3, -0.25) is 14.4 Å². The molecule has 1 amide bonds. The molecule has 8 heteroatoms. The number of nitrogens with zero attached hydrogens (tertiary/aromatic N) is 2. The van der Waals surface area contributed by atoms with Crippen molar-refractivity contribution in [2.75, 3.05) is 5.32 Å². The van der Waals surface area contributed by atoms with Crippen LogP contribution in [-0.4, -0.2) is 26.1 Å². The summed E-state index contributed by atoms with van der Waals surface area (Å²) >= 11 is 0. The van der Waals surface area contributed by atoms with E-state index in [-0.39, 0.29) is 11.4 Å². The lowest BCUT2D eigenvalue weighted by Gasteiger charge is -2.13. The molecular formula is C22H17N5O3. The van der Waals surface area contributed by atoms with Crippen molar-refractivity contribution in [3.05, 3.63) is 98.8 Å². The minimum atomic E-state index is -0.688. The molecule has 0 fully saturated rings. The smallest absolute Gasteiger partial charge is 0.277 e. The van der Waals surface area contributed by atoms with E-state index in [0.717, 1.165) is 11.6 Å². The second kappa shape index (κ2) is 7.96. The molecule has 4 aromatic rings. The number of benzene rings is 2.